The van der Waals surface area contributed by atoms with Crippen LogP contribution in [0.4, 0.5) is 0 Å². The quantitative estimate of drug-likeness (QED) is 0.705. The Labute approximate surface area is 135 Å². The van der Waals surface area contributed by atoms with Crippen LogP contribution in [0.2, 0.25) is 5.02 Å². The third-order valence-electron chi connectivity index (χ3n) is 3.20. The van der Waals surface area contributed by atoms with E-state index in [-0.39, 0.29) is 12.1 Å². The fourth-order valence-electron chi connectivity index (χ4n) is 1.95. The first kappa shape index (κ1) is 16.5. The standard InChI is InChI=1S/C18H19ClO3/c1-2-17(13-21-12-14-7-4-3-5-8-14)22-18(20)15-9-6-10-16(19)11-15/h3-11,17H,2,12-13H2,1H3. The average Bonchev–Trinajstić information content (AvgIpc) is 2.54. The predicted molar refractivity (Wildman–Crippen MR) is 87.0 cm³/mol. The van der Waals surface area contributed by atoms with Gasteiger partial charge in [-0.25, -0.2) is 4.79 Å². The topological polar surface area (TPSA) is 35.5 Å². The number of carbonyl (C=O) groups excluding carboxylic acids is 1. The van der Waals surface area contributed by atoms with Crippen LogP contribution in [0.1, 0.15) is 29.3 Å². The Morgan fingerprint density at radius 2 is 1.91 bits per heavy atom. The zero-order valence-corrected chi connectivity index (χ0v) is 13.3. The van der Waals surface area contributed by atoms with Crippen molar-refractivity contribution in [2.45, 2.75) is 26.1 Å². The SMILES string of the molecule is CCC(COCc1ccccc1)OC(=O)c1cccc(Cl)c1. The normalized spacial score (nSPS) is 11.9. The number of hydrogen-bond acceptors (Lipinski definition) is 3. The van der Waals surface area contributed by atoms with Gasteiger partial charge in [-0.3, -0.25) is 0 Å². The molecule has 0 fully saturated rings. The monoisotopic (exact) mass is 318 g/mol. The average molecular weight is 319 g/mol. The molecule has 0 spiro atoms. The Hall–Kier alpha value is -1.84. The van der Waals surface area contributed by atoms with Gasteiger partial charge in [-0.15, -0.1) is 0 Å². The van der Waals surface area contributed by atoms with Gasteiger partial charge in [0, 0.05) is 5.02 Å². The molecule has 2 aromatic carbocycles. The number of ether oxygens (including phenoxy) is 2. The highest BCUT2D eigenvalue weighted by atomic mass is 35.5. The Morgan fingerprint density at radius 1 is 1.14 bits per heavy atom. The van der Waals surface area contributed by atoms with E-state index in [4.69, 9.17) is 21.1 Å². The fraction of sp³-hybridized carbons (Fsp3) is 0.278. The third-order valence-corrected chi connectivity index (χ3v) is 3.44. The van der Waals surface area contributed by atoms with Gasteiger partial charge < -0.3 is 9.47 Å². The first-order valence-electron chi connectivity index (χ1n) is 7.27. The van der Waals surface area contributed by atoms with Gasteiger partial charge in [0.25, 0.3) is 0 Å². The van der Waals surface area contributed by atoms with Crippen LogP contribution in [0, 0.1) is 0 Å². The van der Waals surface area contributed by atoms with E-state index in [1.165, 1.54) is 0 Å². The van der Waals surface area contributed by atoms with Gasteiger partial charge in [0.05, 0.1) is 18.8 Å². The van der Waals surface area contributed by atoms with Crippen molar-refractivity contribution in [1.82, 2.24) is 0 Å². The molecular weight excluding hydrogens is 300 g/mol. The molecule has 2 rings (SSSR count). The minimum Gasteiger partial charge on any atom is -0.456 e. The smallest absolute Gasteiger partial charge is 0.338 e. The second kappa shape index (κ2) is 8.57. The molecule has 0 amide bonds. The zero-order valence-electron chi connectivity index (χ0n) is 12.5. The lowest BCUT2D eigenvalue weighted by Gasteiger charge is -2.16. The fourth-order valence-corrected chi connectivity index (χ4v) is 2.14. The molecule has 0 aromatic heterocycles. The molecule has 116 valence electrons. The second-order valence-corrected chi connectivity index (χ2v) is 5.38. The number of esters is 1. The van der Waals surface area contributed by atoms with Gasteiger partial charge in [-0.2, -0.15) is 0 Å². The summed E-state index contributed by atoms with van der Waals surface area (Å²) in [5, 5.41) is 0.517. The van der Waals surface area contributed by atoms with Crippen molar-refractivity contribution in [3.05, 3.63) is 70.7 Å². The summed E-state index contributed by atoms with van der Waals surface area (Å²) in [4.78, 5) is 12.1. The molecule has 2 aromatic rings. The summed E-state index contributed by atoms with van der Waals surface area (Å²) >= 11 is 5.88. The van der Waals surface area contributed by atoms with Gasteiger partial charge >= 0.3 is 5.97 Å². The number of hydrogen-bond donors (Lipinski definition) is 0. The zero-order chi connectivity index (χ0) is 15.8. The molecule has 0 radical (unpaired) electrons. The molecule has 22 heavy (non-hydrogen) atoms. The summed E-state index contributed by atoms with van der Waals surface area (Å²) in [6.45, 7) is 2.84. The second-order valence-electron chi connectivity index (χ2n) is 4.95. The van der Waals surface area contributed by atoms with E-state index in [0.717, 1.165) is 5.56 Å². The van der Waals surface area contributed by atoms with Crippen molar-refractivity contribution >= 4 is 17.6 Å². The van der Waals surface area contributed by atoms with E-state index in [9.17, 15) is 4.79 Å². The molecule has 4 heteroatoms. The van der Waals surface area contributed by atoms with Gasteiger partial charge in [-0.05, 0) is 30.2 Å². The Bertz CT molecular complexity index is 598. The molecule has 1 unspecified atom stereocenters. The molecule has 3 nitrogen and oxygen atoms in total. The summed E-state index contributed by atoms with van der Waals surface area (Å²) in [5.74, 6) is -0.377. The Balaban J connectivity index is 1.83. The van der Waals surface area contributed by atoms with Crippen molar-refractivity contribution in [1.29, 1.82) is 0 Å². The van der Waals surface area contributed by atoms with Crippen LogP contribution in [0.5, 0.6) is 0 Å². The Kier molecular flexibility index (Phi) is 6.44. The summed E-state index contributed by atoms with van der Waals surface area (Å²) in [5.41, 5.74) is 1.55. The lowest BCUT2D eigenvalue weighted by molar-refractivity contribution is -0.00925. The van der Waals surface area contributed by atoms with Crippen molar-refractivity contribution in [3.8, 4) is 0 Å². The molecule has 0 bridgehead atoms. The van der Waals surface area contributed by atoms with Crippen LogP contribution in [-0.4, -0.2) is 18.7 Å². The molecule has 0 saturated heterocycles. The lowest BCUT2D eigenvalue weighted by Crippen LogP contribution is -2.23. The Morgan fingerprint density at radius 3 is 2.59 bits per heavy atom. The van der Waals surface area contributed by atoms with E-state index < -0.39 is 0 Å². The third kappa shape index (κ3) is 5.17. The number of benzene rings is 2. The van der Waals surface area contributed by atoms with E-state index in [0.29, 0.717) is 30.2 Å². The molecule has 0 aliphatic rings. The number of carbonyl (C=O) groups is 1. The van der Waals surface area contributed by atoms with Crippen LogP contribution < -0.4 is 0 Å². The summed E-state index contributed by atoms with van der Waals surface area (Å²) < 4.78 is 11.1. The van der Waals surface area contributed by atoms with E-state index >= 15 is 0 Å². The van der Waals surface area contributed by atoms with Crippen LogP contribution in [0.3, 0.4) is 0 Å². The van der Waals surface area contributed by atoms with E-state index in [2.05, 4.69) is 0 Å². The molecule has 0 N–H and O–H groups in total. The minimum atomic E-state index is -0.377. The van der Waals surface area contributed by atoms with Gasteiger partial charge in [0.15, 0.2) is 0 Å². The van der Waals surface area contributed by atoms with Crippen molar-refractivity contribution in [2.75, 3.05) is 6.61 Å². The van der Waals surface area contributed by atoms with E-state index in [1.54, 1.807) is 24.3 Å². The highest BCUT2D eigenvalue weighted by Gasteiger charge is 2.15. The first-order chi connectivity index (χ1) is 10.7. The maximum absolute atomic E-state index is 12.1. The maximum Gasteiger partial charge on any atom is 0.338 e. The molecule has 0 heterocycles. The van der Waals surface area contributed by atoms with Crippen LogP contribution >= 0.6 is 11.6 Å². The summed E-state index contributed by atoms with van der Waals surface area (Å²) in [6, 6.07) is 16.6. The van der Waals surface area contributed by atoms with Gasteiger partial charge in [0.2, 0.25) is 0 Å². The lowest BCUT2D eigenvalue weighted by atomic mass is 10.2. The van der Waals surface area contributed by atoms with Crippen molar-refractivity contribution < 1.29 is 14.3 Å². The predicted octanol–water partition coefficient (Wildman–Crippen LogP) is 4.49. The first-order valence-corrected chi connectivity index (χ1v) is 7.65. The van der Waals surface area contributed by atoms with Crippen LogP contribution in [0.15, 0.2) is 54.6 Å². The molecule has 0 aliphatic carbocycles. The van der Waals surface area contributed by atoms with Gasteiger partial charge in [0.1, 0.15) is 6.10 Å². The van der Waals surface area contributed by atoms with Crippen molar-refractivity contribution in [2.24, 2.45) is 0 Å². The number of halogens is 1. The number of rotatable bonds is 7. The molecule has 1 atom stereocenters. The van der Waals surface area contributed by atoms with E-state index in [1.807, 2.05) is 37.3 Å². The van der Waals surface area contributed by atoms with Crippen LogP contribution in [-0.2, 0) is 16.1 Å². The summed E-state index contributed by atoms with van der Waals surface area (Å²) in [7, 11) is 0. The van der Waals surface area contributed by atoms with Gasteiger partial charge in [-0.1, -0.05) is 54.9 Å². The highest BCUT2D eigenvalue weighted by molar-refractivity contribution is 6.30. The molecule has 0 saturated carbocycles. The minimum absolute atomic E-state index is 0.268. The molecule has 0 aliphatic heterocycles. The molecular formula is C18H19ClO3. The van der Waals surface area contributed by atoms with Crippen LogP contribution in [0.25, 0.3) is 0 Å². The largest absolute Gasteiger partial charge is 0.456 e. The summed E-state index contributed by atoms with van der Waals surface area (Å²) in [6.07, 6.45) is 0.427. The highest BCUT2D eigenvalue weighted by Crippen LogP contribution is 2.13. The van der Waals surface area contributed by atoms with Crippen molar-refractivity contribution in [3.63, 3.8) is 0 Å². The maximum atomic E-state index is 12.1.